The Morgan fingerprint density at radius 3 is 2.67 bits per heavy atom. The standard InChI is InChI=1S/C11H20N4/c1-7-4-8(2)10(9(3)5-7)6-14-15-11(12)13/h4,6,8-10H,5H2,1-3H3,(H4,12,13,15)/b14-6-/t8-,9+,10-/m0/s1. The summed E-state index contributed by atoms with van der Waals surface area (Å²) in [5.74, 6) is 1.54. The van der Waals surface area contributed by atoms with Crippen LogP contribution in [0.25, 0.3) is 0 Å². The Kier molecular flexibility index (Phi) is 3.88. The van der Waals surface area contributed by atoms with Gasteiger partial charge in [0.2, 0.25) is 5.96 Å². The lowest BCUT2D eigenvalue weighted by molar-refractivity contribution is 0.362. The van der Waals surface area contributed by atoms with Crippen molar-refractivity contribution < 1.29 is 0 Å². The molecule has 4 N–H and O–H groups in total. The molecule has 0 spiro atoms. The van der Waals surface area contributed by atoms with Gasteiger partial charge in [0.05, 0.1) is 0 Å². The van der Waals surface area contributed by atoms with Crippen LogP contribution in [0, 0.1) is 17.8 Å². The van der Waals surface area contributed by atoms with Crippen LogP contribution in [0.15, 0.2) is 21.9 Å². The molecule has 4 heteroatoms. The molecule has 1 aliphatic carbocycles. The normalized spacial score (nSPS) is 31.4. The molecule has 0 aliphatic heterocycles. The molecule has 0 fully saturated rings. The first-order valence-electron chi connectivity index (χ1n) is 5.30. The highest BCUT2D eigenvalue weighted by molar-refractivity contribution is 5.76. The van der Waals surface area contributed by atoms with Crippen LogP contribution in [-0.2, 0) is 0 Å². The topological polar surface area (TPSA) is 76.8 Å². The third kappa shape index (κ3) is 3.38. The van der Waals surface area contributed by atoms with Gasteiger partial charge in [-0.15, -0.1) is 5.10 Å². The largest absolute Gasteiger partial charge is 0.369 e. The van der Waals surface area contributed by atoms with E-state index in [1.54, 1.807) is 0 Å². The maximum absolute atomic E-state index is 5.20. The molecule has 0 aromatic rings. The first-order valence-corrected chi connectivity index (χ1v) is 5.30. The van der Waals surface area contributed by atoms with Gasteiger partial charge in [0.15, 0.2) is 0 Å². The van der Waals surface area contributed by atoms with E-state index in [1.807, 2.05) is 6.21 Å². The monoisotopic (exact) mass is 208 g/mol. The Balaban J connectivity index is 2.70. The van der Waals surface area contributed by atoms with E-state index in [0.29, 0.717) is 17.8 Å². The lowest BCUT2D eigenvalue weighted by Crippen LogP contribution is -2.25. The number of rotatable bonds is 2. The van der Waals surface area contributed by atoms with Crippen molar-refractivity contribution >= 4 is 12.2 Å². The molecule has 0 bridgehead atoms. The van der Waals surface area contributed by atoms with E-state index in [1.165, 1.54) is 5.57 Å². The molecule has 0 aromatic carbocycles. The van der Waals surface area contributed by atoms with Crippen LogP contribution in [-0.4, -0.2) is 12.2 Å². The van der Waals surface area contributed by atoms with Crippen molar-refractivity contribution in [1.29, 1.82) is 0 Å². The van der Waals surface area contributed by atoms with Crippen LogP contribution in [0.4, 0.5) is 0 Å². The van der Waals surface area contributed by atoms with Crippen molar-refractivity contribution in [1.82, 2.24) is 0 Å². The number of allylic oxidation sites excluding steroid dienone is 2. The van der Waals surface area contributed by atoms with Gasteiger partial charge in [0, 0.05) is 12.1 Å². The highest BCUT2D eigenvalue weighted by atomic mass is 15.3. The van der Waals surface area contributed by atoms with E-state index in [2.05, 4.69) is 37.1 Å². The van der Waals surface area contributed by atoms with Crippen molar-refractivity contribution in [2.24, 2.45) is 39.4 Å². The van der Waals surface area contributed by atoms with E-state index in [0.717, 1.165) is 6.42 Å². The molecule has 3 atom stereocenters. The molecule has 84 valence electrons. The zero-order chi connectivity index (χ0) is 11.4. The van der Waals surface area contributed by atoms with E-state index in [4.69, 9.17) is 11.5 Å². The smallest absolute Gasteiger partial charge is 0.211 e. The number of hydrogen-bond acceptors (Lipinski definition) is 2. The van der Waals surface area contributed by atoms with E-state index < -0.39 is 0 Å². The molecular formula is C11H20N4. The Morgan fingerprint density at radius 1 is 1.47 bits per heavy atom. The highest BCUT2D eigenvalue weighted by Crippen LogP contribution is 2.32. The summed E-state index contributed by atoms with van der Waals surface area (Å²) in [6.45, 7) is 6.61. The maximum atomic E-state index is 5.20. The highest BCUT2D eigenvalue weighted by Gasteiger charge is 2.24. The fraction of sp³-hybridized carbons (Fsp3) is 0.636. The second-order valence-electron chi connectivity index (χ2n) is 4.42. The summed E-state index contributed by atoms with van der Waals surface area (Å²) in [4.78, 5) is 0. The molecular weight excluding hydrogens is 188 g/mol. The first-order chi connectivity index (χ1) is 7.00. The summed E-state index contributed by atoms with van der Waals surface area (Å²) in [5, 5.41) is 7.53. The van der Waals surface area contributed by atoms with Crippen molar-refractivity contribution in [3.8, 4) is 0 Å². The number of nitrogens with two attached hydrogens (primary N) is 2. The van der Waals surface area contributed by atoms with E-state index in [-0.39, 0.29) is 5.96 Å². The molecule has 1 rings (SSSR count). The fourth-order valence-corrected chi connectivity index (χ4v) is 2.25. The molecule has 0 saturated carbocycles. The third-order valence-corrected chi connectivity index (χ3v) is 2.87. The van der Waals surface area contributed by atoms with Crippen LogP contribution in [0.2, 0.25) is 0 Å². The lowest BCUT2D eigenvalue weighted by atomic mass is 9.76. The SMILES string of the molecule is CC1=C[C@H](C)[C@H](/C=N\N=C(N)N)[C@H](C)C1. The Labute approximate surface area is 91.1 Å². The van der Waals surface area contributed by atoms with Crippen LogP contribution < -0.4 is 11.5 Å². The van der Waals surface area contributed by atoms with Gasteiger partial charge >= 0.3 is 0 Å². The third-order valence-electron chi connectivity index (χ3n) is 2.87. The average Bonchev–Trinajstić information content (AvgIpc) is 2.08. The van der Waals surface area contributed by atoms with Gasteiger partial charge in [0.25, 0.3) is 0 Å². The predicted molar refractivity (Wildman–Crippen MR) is 64.5 cm³/mol. The molecule has 0 saturated heterocycles. The zero-order valence-electron chi connectivity index (χ0n) is 9.64. The Morgan fingerprint density at radius 2 is 2.13 bits per heavy atom. The summed E-state index contributed by atoms with van der Waals surface area (Å²) < 4.78 is 0. The number of nitrogens with zero attached hydrogens (tertiary/aromatic N) is 2. The van der Waals surface area contributed by atoms with Gasteiger partial charge in [-0.25, -0.2) is 0 Å². The van der Waals surface area contributed by atoms with Gasteiger partial charge in [-0.1, -0.05) is 25.5 Å². The average molecular weight is 208 g/mol. The minimum Gasteiger partial charge on any atom is -0.369 e. The fourth-order valence-electron chi connectivity index (χ4n) is 2.25. The molecule has 0 heterocycles. The van der Waals surface area contributed by atoms with Crippen molar-refractivity contribution in [2.75, 3.05) is 0 Å². The molecule has 0 aromatic heterocycles. The summed E-state index contributed by atoms with van der Waals surface area (Å²) in [7, 11) is 0. The molecule has 4 nitrogen and oxygen atoms in total. The number of guanidine groups is 1. The zero-order valence-corrected chi connectivity index (χ0v) is 9.64. The summed E-state index contributed by atoms with van der Waals surface area (Å²) >= 11 is 0. The van der Waals surface area contributed by atoms with Gasteiger partial charge in [-0.05, 0) is 25.2 Å². The van der Waals surface area contributed by atoms with Crippen LogP contribution in [0.5, 0.6) is 0 Å². The predicted octanol–water partition coefficient (Wildman–Crippen LogP) is 1.48. The molecule has 0 unspecified atom stereocenters. The molecule has 1 aliphatic rings. The molecule has 15 heavy (non-hydrogen) atoms. The Bertz CT molecular complexity index is 300. The summed E-state index contributed by atoms with van der Waals surface area (Å²) in [6.07, 6.45) is 5.28. The second-order valence-corrected chi connectivity index (χ2v) is 4.42. The molecule has 0 radical (unpaired) electrons. The van der Waals surface area contributed by atoms with Crippen molar-refractivity contribution in [2.45, 2.75) is 27.2 Å². The number of hydrogen-bond donors (Lipinski definition) is 2. The molecule has 0 amide bonds. The van der Waals surface area contributed by atoms with E-state index >= 15 is 0 Å². The van der Waals surface area contributed by atoms with Gasteiger partial charge in [-0.3, -0.25) is 0 Å². The van der Waals surface area contributed by atoms with Crippen LogP contribution >= 0.6 is 0 Å². The van der Waals surface area contributed by atoms with Crippen molar-refractivity contribution in [3.63, 3.8) is 0 Å². The van der Waals surface area contributed by atoms with Crippen molar-refractivity contribution in [3.05, 3.63) is 11.6 Å². The first kappa shape index (κ1) is 11.8. The minimum absolute atomic E-state index is 0.00842. The van der Waals surface area contributed by atoms with Crippen LogP contribution in [0.3, 0.4) is 0 Å². The maximum Gasteiger partial charge on any atom is 0.211 e. The second kappa shape index (κ2) is 4.96. The van der Waals surface area contributed by atoms with Gasteiger partial charge < -0.3 is 11.5 Å². The van der Waals surface area contributed by atoms with E-state index in [9.17, 15) is 0 Å². The quantitative estimate of drug-likeness (QED) is 0.312. The Hall–Kier alpha value is -1.32. The lowest BCUT2D eigenvalue weighted by Gasteiger charge is -2.29. The minimum atomic E-state index is 0.00842. The summed E-state index contributed by atoms with van der Waals surface area (Å²) in [6, 6.07) is 0. The van der Waals surface area contributed by atoms with Gasteiger partial charge in [0.1, 0.15) is 0 Å². The van der Waals surface area contributed by atoms with Crippen LogP contribution in [0.1, 0.15) is 27.2 Å². The van der Waals surface area contributed by atoms with Gasteiger partial charge in [-0.2, -0.15) is 5.10 Å². The summed E-state index contributed by atoms with van der Waals surface area (Å²) in [5.41, 5.74) is 11.9.